The zero-order chi connectivity index (χ0) is 8.67. The summed E-state index contributed by atoms with van der Waals surface area (Å²) in [5.74, 6) is 3.79. The van der Waals surface area contributed by atoms with Crippen molar-refractivity contribution in [3.63, 3.8) is 0 Å². The Bertz CT molecular complexity index is 249. The van der Waals surface area contributed by atoms with Gasteiger partial charge in [-0.1, -0.05) is 24.3 Å². The highest BCUT2D eigenvalue weighted by Crippen LogP contribution is 2.45. The molecular formula is C13H18. The van der Waals surface area contributed by atoms with Crippen molar-refractivity contribution in [1.29, 1.82) is 0 Å². The van der Waals surface area contributed by atoms with E-state index in [0.29, 0.717) is 0 Å². The maximum atomic E-state index is 2.51. The highest BCUT2D eigenvalue weighted by Gasteiger charge is 2.35. The second kappa shape index (κ2) is 3.01. The number of allylic oxidation sites excluding steroid dienone is 4. The molecule has 0 radical (unpaired) electrons. The number of hydrogen-bond acceptors (Lipinski definition) is 0. The van der Waals surface area contributed by atoms with Gasteiger partial charge in [0, 0.05) is 0 Å². The van der Waals surface area contributed by atoms with Crippen molar-refractivity contribution >= 4 is 0 Å². The smallest absolute Gasteiger partial charge is 0.0194 e. The molecule has 0 aliphatic heterocycles. The summed E-state index contributed by atoms with van der Waals surface area (Å²) in [6.45, 7) is 0. The van der Waals surface area contributed by atoms with Crippen LogP contribution in [0.2, 0.25) is 0 Å². The van der Waals surface area contributed by atoms with Gasteiger partial charge in [0.1, 0.15) is 0 Å². The molecule has 0 N–H and O–H groups in total. The summed E-state index contributed by atoms with van der Waals surface area (Å²) < 4.78 is 0. The van der Waals surface area contributed by atoms with Gasteiger partial charge in [-0.3, -0.25) is 0 Å². The lowest BCUT2D eigenvalue weighted by Gasteiger charge is -2.30. The molecule has 4 unspecified atom stereocenters. The van der Waals surface area contributed by atoms with Crippen LogP contribution in [0.4, 0.5) is 0 Å². The molecule has 0 amide bonds. The molecule has 0 spiro atoms. The fourth-order valence-corrected chi connectivity index (χ4v) is 3.50. The Hall–Kier alpha value is -0.520. The van der Waals surface area contributed by atoms with Crippen molar-refractivity contribution in [2.45, 2.75) is 32.1 Å². The Kier molecular flexibility index (Phi) is 1.81. The molecule has 0 saturated heterocycles. The largest absolute Gasteiger partial charge is 0.0882 e. The molecule has 0 heterocycles. The van der Waals surface area contributed by atoms with Crippen LogP contribution in [0.25, 0.3) is 0 Å². The van der Waals surface area contributed by atoms with E-state index in [1.54, 1.807) is 0 Å². The molecule has 2 bridgehead atoms. The van der Waals surface area contributed by atoms with Crippen molar-refractivity contribution in [3.8, 4) is 0 Å². The predicted octanol–water partition coefficient (Wildman–Crippen LogP) is 3.55. The molecule has 13 heavy (non-hydrogen) atoms. The quantitative estimate of drug-likeness (QED) is 0.493. The minimum absolute atomic E-state index is 0.925. The van der Waals surface area contributed by atoms with Crippen LogP contribution in [0.5, 0.6) is 0 Å². The Balaban J connectivity index is 1.89. The van der Waals surface area contributed by atoms with Gasteiger partial charge in [-0.05, 0) is 55.8 Å². The third-order valence-electron chi connectivity index (χ3n) is 4.23. The highest BCUT2D eigenvalue weighted by atomic mass is 14.4. The molecule has 0 heteroatoms. The van der Waals surface area contributed by atoms with Crippen LogP contribution < -0.4 is 0 Å². The minimum Gasteiger partial charge on any atom is -0.0882 e. The van der Waals surface area contributed by atoms with Crippen LogP contribution >= 0.6 is 0 Å². The predicted molar refractivity (Wildman–Crippen MR) is 55.3 cm³/mol. The standard InChI is InChI=1S/C13H18/c1-2-4-13-11(3-1)7-5-10-6-8-12(13)9-10/h1,3,6,8,10-13H,2,4-5,7,9H2. The summed E-state index contributed by atoms with van der Waals surface area (Å²) in [6, 6.07) is 0. The maximum Gasteiger partial charge on any atom is -0.0194 e. The summed E-state index contributed by atoms with van der Waals surface area (Å²) in [5.41, 5.74) is 0. The van der Waals surface area contributed by atoms with Crippen LogP contribution in [-0.4, -0.2) is 0 Å². The Morgan fingerprint density at radius 3 is 2.85 bits per heavy atom. The summed E-state index contributed by atoms with van der Waals surface area (Å²) >= 11 is 0. The van der Waals surface area contributed by atoms with Gasteiger partial charge < -0.3 is 0 Å². The second-order valence-corrected chi connectivity index (χ2v) is 4.96. The van der Waals surface area contributed by atoms with E-state index in [1.165, 1.54) is 32.1 Å². The average molecular weight is 174 g/mol. The van der Waals surface area contributed by atoms with Gasteiger partial charge in [-0.25, -0.2) is 0 Å². The van der Waals surface area contributed by atoms with Gasteiger partial charge in [-0.15, -0.1) is 0 Å². The summed E-state index contributed by atoms with van der Waals surface area (Å²) in [4.78, 5) is 0. The topological polar surface area (TPSA) is 0 Å². The maximum absolute atomic E-state index is 2.51. The van der Waals surface area contributed by atoms with Crippen molar-refractivity contribution in [2.75, 3.05) is 0 Å². The average Bonchev–Trinajstić information content (AvgIpc) is 2.54. The van der Waals surface area contributed by atoms with Gasteiger partial charge >= 0.3 is 0 Å². The highest BCUT2D eigenvalue weighted by molar-refractivity contribution is 5.11. The van der Waals surface area contributed by atoms with Gasteiger partial charge in [-0.2, -0.15) is 0 Å². The number of hydrogen-bond donors (Lipinski definition) is 0. The summed E-state index contributed by atoms with van der Waals surface area (Å²) in [7, 11) is 0. The summed E-state index contributed by atoms with van der Waals surface area (Å²) in [6.07, 6.45) is 17.0. The first-order valence-electron chi connectivity index (χ1n) is 5.78. The second-order valence-electron chi connectivity index (χ2n) is 4.96. The van der Waals surface area contributed by atoms with Gasteiger partial charge in [0.05, 0.1) is 0 Å². The van der Waals surface area contributed by atoms with Gasteiger partial charge in [0.15, 0.2) is 0 Å². The molecule has 0 aromatic heterocycles. The van der Waals surface area contributed by atoms with Crippen LogP contribution in [0.1, 0.15) is 32.1 Å². The minimum atomic E-state index is 0.925. The van der Waals surface area contributed by atoms with E-state index in [-0.39, 0.29) is 0 Å². The van der Waals surface area contributed by atoms with E-state index in [9.17, 15) is 0 Å². The van der Waals surface area contributed by atoms with Crippen molar-refractivity contribution in [3.05, 3.63) is 24.3 Å². The van der Waals surface area contributed by atoms with E-state index in [0.717, 1.165) is 23.7 Å². The third-order valence-corrected chi connectivity index (χ3v) is 4.23. The van der Waals surface area contributed by atoms with E-state index < -0.39 is 0 Å². The third kappa shape index (κ3) is 1.27. The molecule has 70 valence electrons. The van der Waals surface area contributed by atoms with E-state index in [1.807, 2.05) is 0 Å². The van der Waals surface area contributed by atoms with Crippen molar-refractivity contribution in [1.82, 2.24) is 0 Å². The lowest BCUT2D eigenvalue weighted by molar-refractivity contribution is 0.282. The Morgan fingerprint density at radius 1 is 0.846 bits per heavy atom. The van der Waals surface area contributed by atoms with Crippen LogP contribution in [0.3, 0.4) is 0 Å². The van der Waals surface area contributed by atoms with E-state index in [4.69, 9.17) is 0 Å². The Morgan fingerprint density at radius 2 is 1.85 bits per heavy atom. The monoisotopic (exact) mass is 174 g/mol. The zero-order valence-electron chi connectivity index (χ0n) is 8.15. The molecule has 0 aromatic rings. The fourth-order valence-electron chi connectivity index (χ4n) is 3.50. The van der Waals surface area contributed by atoms with Crippen LogP contribution in [0, 0.1) is 23.7 Å². The molecule has 3 aliphatic carbocycles. The van der Waals surface area contributed by atoms with E-state index in [2.05, 4.69) is 24.3 Å². The molecule has 3 aliphatic rings. The molecule has 0 aromatic carbocycles. The SMILES string of the molecule is C1=CC2CCC3C=CC(C3)C2CC1. The zero-order valence-corrected chi connectivity index (χ0v) is 8.15. The number of fused-ring (bicyclic) bond motifs is 4. The molecular weight excluding hydrogens is 156 g/mol. The Labute approximate surface area is 80.7 Å². The normalized spacial score (nSPS) is 47.4. The molecule has 3 rings (SSSR count). The van der Waals surface area contributed by atoms with Crippen molar-refractivity contribution in [2.24, 2.45) is 23.7 Å². The first kappa shape index (κ1) is 7.84. The molecule has 1 saturated carbocycles. The van der Waals surface area contributed by atoms with Gasteiger partial charge in [0.25, 0.3) is 0 Å². The molecule has 4 atom stereocenters. The van der Waals surface area contributed by atoms with E-state index >= 15 is 0 Å². The molecule has 1 fully saturated rings. The van der Waals surface area contributed by atoms with Gasteiger partial charge in [0.2, 0.25) is 0 Å². The lowest BCUT2D eigenvalue weighted by atomic mass is 9.75. The first-order valence-corrected chi connectivity index (χ1v) is 5.78. The summed E-state index contributed by atoms with van der Waals surface area (Å²) in [5, 5.41) is 0. The van der Waals surface area contributed by atoms with Crippen LogP contribution in [-0.2, 0) is 0 Å². The van der Waals surface area contributed by atoms with Crippen molar-refractivity contribution < 1.29 is 0 Å². The lowest BCUT2D eigenvalue weighted by Crippen LogP contribution is -2.21. The fraction of sp³-hybridized carbons (Fsp3) is 0.692. The first-order chi connectivity index (χ1) is 6.43. The molecule has 0 nitrogen and oxygen atoms in total. The van der Waals surface area contributed by atoms with Crippen LogP contribution in [0.15, 0.2) is 24.3 Å². The number of rotatable bonds is 0.